The smallest absolute Gasteiger partial charge is 0.355 e. The van der Waals surface area contributed by atoms with E-state index in [9.17, 15) is 9.59 Å². The predicted octanol–water partition coefficient (Wildman–Crippen LogP) is 3.76. The van der Waals surface area contributed by atoms with Crippen molar-refractivity contribution < 1.29 is 14.3 Å². The second-order valence-electron chi connectivity index (χ2n) is 8.26. The lowest BCUT2D eigenvalue weighted by Gasteiger charge is -2.32. The van der Waals surface area contributed by atoms with Crippen LogP contribution in [0.2, 0.25) is 0 Å². The van der Waals surface area contributed by atoms with Gasteiger partial charge in [0.1, 0.15) is 5.69 Å². The molecule has 1 aromatic carbocycles. The zero-order valence-corrected chi connectivity index (χ0v) is 18.5. The van der Waals surface area contributed by atoms with Crippen molar-refractivity contribution in [2.75, 3.05) is 26.2 Å². The fourth-order valence-electron chi connectivity index (χ4n) is 4.24. The molecule has 0 atom stereocenters. The number of amides is 1. The van der Waals surface area contributed by atoms with E-state index in [1.54, 1.807) is 13.8 Å². The molecule has 0 saturated carbocycles. The number of aromatic nitrogens is 1. The Bertz CT molecular complexity index is 895. The highest BCUT2D eigenvalue weighted by Crippen LogP contribution is 2.21. The van der Waals surface area contributed by atoms with E-state index in [0.717, 1.165) is 32.5 Å². The number of esters is 1. The lowest BCUT2D eigenvalue weighted by molar-refractivity contribution is 0.0519. The number of carbonyl (C=O) groups excluding carboxylic acids is 2. The Morgan fingerprint density at radius 3 is 2.60 bits per heavy atom. The molecule has 1 amide bonds. The summed E-state index contributed by atoms with van der Waals surface area (Å²) in [5, 5.41) is 3.08. The van der Waals surface area contributed by atoms with Gasteiger partial charge < -0.3 is 15.0 Å². The minimum absolute atomic E-state index is 0.126. The largest absolute Gasteiger partial charge is 0.461 e. The van der Waals surface area contributed by atoms with Crippen molar-refractivity contribution in [2.45, 2.75) is 47.1 Å². The van der Waals surface area contributed by atoms with Crippen LogP contribution in [0, 0.1) is 26.7 Å². The van der Waals surface area contributed by atoms with Gasteiger partial charge in [0, 0.05) is 18.8 Å². The third kappa shape index (κ3) is 5.30. The monoisotopic (exact) mass is 411 g/mol. The number of hydrogen-bond acceptors (Lipinski definition) is 4. The molecule has 0 spiro atoms. The van der Waals surface area contributed by atoms with E-state index < -0.39 is 5.97 Å². The molecule has 3 rings (SSSR count). The first-order chi connectivity index (χ1) is 14.4. The first kappa shape index (κ1) is 22.1. The fourth-order valence-corrected chi connectivity index (χ4v) is 4.24. The molecule has 6 heteroatoms. The Morgan fingerprint density at radius 1 is 1.20 bits per heavy atom. The van der Waals surface area contributed by atoms with Crippen molar-refractivity contribution in [3.63, 3.8) is 0 Å². The Labute approximate surface area is 179 Å². The quantitative estimate of drug-likeness (QED) is 0.681. The van der Waals surface area contributed by atoms with Gasteiger partial charge in [-0.25, -0.2) is 4.79 Å². The Morgan fingerprint density at radius 2 is 1.93 bits per heavy atom. The van der Waals surface area contributed by atoms with Crippen molar-refractivity contribution in [3.05, 3.63) is 57.9 Å². The van der Waals surface area contributed by atoms with Crippen LogP contribution in [0.25, 0.3) is 0 Å². The minimum atomic E-state index is -0.418. The van der Waals surface area contributed by atoms with Gasteiger partial charge in [-0.15, -0.1) is 0 Å². The predicted molar refractivity (Wildman–Crippen MR) is 118 cm³/mol. The van der Waals surface area contributed by atoms with E-state index >= 15 is 0 Å². The number of aryl methyl sites for hydroxylation is 2. The molecule has 6 nitrogen and oxygen atoms in total. The van der Waals surface area contributed by atoms with Crippen LogP contribution in [-0.4, -0.2) is 48.0 Å². The maximum atomic E-state index is 12.8. The number of likely N-dealkylation sites (tertiary alicyclic amines) is 1. The summed E-state index contributed by atoms with van der Waals surface area (Å²) in [6.07, 6.45) is 2.15. The normalized spacial score (nSPS) is 15.2. The molecule has 1 fully saturated rings. The van der Waals surface area contributed by atoms with E-state index in [1.165, 1.54) is 11.1 Å². The first-order valence-corrected chi connectivity index (χ1v) is 10.8. The van der Waals surface area contributed by atoms with Crippen LogP contribution in [0.4, 0.5) is 0 Å². The summed E-state index contributed by atoms with van der Waals surface area (Å²) in [6.45, 7) is 11.5. The molecule has 0 aliphatic carbocycles. The number of ether oxygens (including phenoxy) is 1. The lowest BCUT2D eigenvalue weighted by Crippen LogP contribution is -2.38. The molecule has 1 aliphatic heterocycles. The molecule has 0 radical (unpaired) electrons. The van der Waals surface area contributed by atoms with Gasteiger partial charge in [-0.1, -0.05) is 29.8 Å². The fraction of sp³-hybridized carbons (Fsp3) is 0.500. The topological polar surface area (TPSA) is 74.4 Å². The van der Waals surface area contributed by atoms with Crippen LogP contribution in [0.3, 0.4) is 0 Å². The summed E-state index contributed by atoms with van der Waals surface area (Å²) < 4.78 is 5.06. The molecule has 1 saturated heterocycles. The zero-order valence-electron chi connectivity index (χ0n) is 18.5. The van der Waals surface area contributed by atoms with E-state index in [4.69, 9.17) is 4.74 Å². The molecule has 1 aliphatic rings. The van der Waals surface area contributed by atoms with Crippen molar-refractivity contribution >= 4 is 11.9 Å². The van der Waals surface area contributed by atoms with Crippen molar-refractivity contribution in [1.82, 2.24) is 15.2 Å². The Kier molecular flexibility index (Phi) is 7.32. The third-order valence-electron chi connectivity index (χ3n) is 5.89. The van der Waals surface area contributed by atoms with Gasteiger partial charge in [-0.05, 0) is 70.7 Å². The number of rotatable bonds is 7. The SMILES string of the molecule is CCOC(=O)c1[nH]c(C)c(C(=O)NCC2CCN(Cc3cccc(C)c3)CC2)c1C. The summed E-state index contributed by atoms with van der Waals surface area (Å²) in [5.74, 6) is -0.0658. The second kappa shape index (κ2) is 9.94. The van der Waals surface area contributed by atoms with Crippen molar-refractivity contribution in [2.24, 2.45) is 5.92 Å². The summed E-state index contributed by atoms with van der Waals surface area (Å²) in [7, 11) is 0. The molecule has 2 aromatic rings. The molecule has 30 heavy (non-hydrogen) atoms. The number of piperidine rings is 1. The summed E-state index contributed by atoms with van der Waals surface area (Å²) in [6, 6.07) is 8.68. The highest BCUT2D eigenvalue weighted by atomic mass is 16.5. The molecular formula is C24H33N3O3. The van der Waals surface area contributed by atoms with Crippen LogP contribution < -0.4 is 5.32 Å². The molecule has 0 bridgehead atoms. The van der Waals surface area contributed by atoms with E-state index in [-0.39, 0.29) is 5.91 Å². The van der Waals surface area contributed by atoms with Gasteiger partial charge in [0.05, 0.1) is 12.2 Å². The third-order valence-corrected chi connectivity index (χ3v) is 5.89. The van der Waals surface area contributed by atoms with Gasteiger partial charge in [-0.3, -0.25) is 9.69 Å². The van der Waals surface area contributed by atoms with Gasteiger partial charge in [0.25, 0.3) is 5.91 Å². The molecule has 162 valence electrons. The van der Waals surface area contributed by atoms with Crippen LogP contribution in [0.5, 0.6) is 0 Å². The van der Waals surface area contributed by atoms with Gasteiger partial charge in [-0.2, -0.15) is 0 Å². The number of hydrogen-bond donors (Lipinski definition) is 2. The number of nitrogens with zero attached hydrogens (tertiary/aromatic N) is 1. The molecule has 2 heterocycles. The van der Waals surface area contributed by atoms with E-state index in [1.807, 2.05) is 6.92 Å². The molecular weight excluding hydrogens is 378 g/mol. The first-order valence-electron chi connectivity index (χ1n) is 10.8. The summed E-state index contributed by atoms with van der Waals surface area (Å²) >= 11 is 0. The van der Waals surface area contributed by atoms with Crippen LogP contribution in [-0.2, 0) is 11.3 Å². The minimum Gasteiger partial charge on any atom is -0.461 e. The standard InChI is InChI=1S/C24H33N3O3/c1-5-30-24(29)22-17(3)21(18(4)26-22)23(28)25-14-19-9-11-27(12-10-19)15-20-8-6-7-16(2)13-20/h6-8,13,19,26H,5,9-12,14-15H2,1-4H3,(H,25,28). The maximum Gasteiger partial charge on any atom is 0.355 e. The van der Waals surface area contributed by atoms with Crippen molar-refractivity contribution in [1.29, 1.82) is 0 Å². The number of carbonyl (C=O) groups is 2. The Hall–Kier alpha value is -2.60. The van der Waals surface area contributed by atoms with Gasteiger partial charge in [0.15, 0.2) is 0 Å². The second-order valence-corrected chi connectivity index (χ2v) is 8.26. The van der Waals surface area contributed by atoms with Crippen LogP contribution in [0.1, 0.15) is 63.0 Å². The van der Waals surface area contributed by atoms with Gasteiger partial charge in [0.2, 0.25) is 0 Å². The number of nitrogens with one attached hydrogen (secondary N) is 2. The van der Waals surface area contributed by atoms with Crippen LogP contribution in [0.15, 0.2) is 24.3 Å². The number of benzene rings is 1. The average Bonchev–Trinajstić information content (AvgIpc) is 3.02. The summed E-state index contributed by atoms with van der Waals surface area (Å²) in [4.78, 5) is 30.3. The Balaban J connectivity index is 1.50. The maximum absolute atomic E-state index is 12.8. The van der Waals surface area contributed by atoms with E-state index in [2.05, 4.69) is 46.4 Å². The zero-order chi connectivity index (χ0) is 21.7. The summed E-state index contributed by atoms with van der Waals surface area (Å²) in [5.41, 5.74) is 4.92. The average molecular weight is 412 g/mol. The number of H-pyrrole nitrogens is 1. The van der Waals surface area contributed by atoms with Crippen LogP contribution >= 0.6 is 0 Å². The van der Waals surface area contributed by atoms with E-state index in [0.29, 0.717) is 41.6 Å². The van der Waals surface area contributed by atoms with Gasteiger partial charge >= 0.3 is 5.97 Å². The highest BCUT2D eigenvalue weighted by Gasteiger charge is 2.24. The van der Waals surface area contributed by atoms with Crippen molar-refractivity contribution in [3.8, 4) is 0 Å². The lowest BCUT2D eigenvalue weighted by atomic mass is 9.96. The number of aromatic amines is 1. The molecule has 1 aromatic heterocycles. The molecule has 2 N–H and O–H groups in total. The highest BCUT2D eigenvalue weighted by molar-refractivity contribution is 6.01. The molecule has 0 unspecified atom stereocenters.